The van der Waals surface area contributed by atoms with Gasteiger partial charge >= 0.3 is 0 Å². The Balaban J connectivity index is 1.14. The van der Waals surface area contributed by atoms with Gasteiger partial charge in [-0.2, -0.15) is 0 Å². The number of unbranched alkanes of at least 4 members (excludes halogenated alkanes) is 2. The maximum Gasteiger partial charge on any atom is 0.235 e. The summed E-state index contributed by atoms with van der Waals surface area (Å²) in [5.41, 5.74) is 6.14. The van der Waals surface area contributed by atoms with Crippen LogP contribution in [-0.4, -0.2) is 29.2 Å². The topological polar surface area (TPSA) is 66.5 Å². The van der Waals surface area contributed by atoms with Crippen molar-refractivity contribution in [1.29, 1.82) is 0 Å². The molecule has 3 aliphatic carbocycles. The van der Waals surface area contributed by atoms with Crippen LogP contribution >= 0.6 is 39.1 Å². The molecular weight excluding hydrogens is 611 g/mol. The first kappa shape index (κ1) is 27.5. The van der Waals surface area contributed by atoms with Crippen molar-refractivity contribution in [3.8, 4) is 0 Å². The molecule has 3 amide bonds. The zero-order valence-electron chi connectivity index (χ0n) is 22.3. The van der Waals surface area contributed by atoms with Crippen LogP contribution < -0.4 is 5.32 Å². The summed E-state index contributed by atoms with van der Waals surface area (Å²) in [5.74, 6) is -2.13. The molecule has 2 bridgehead atoms. The summed E-state index contributed by atoms with van der Waals surface area (Å²) in [6.45, 7) is 4.27. The van der Waals surface area contributed by atoms with Crippen LogP contribution in [-0.2, 0) is 24.1 Å². The quantitative estimate of drug-likeness (QED) is 0.170. The predicted octanol–water partition coefficient (Wildman–Crippen LogP) is 7.16. The van der Waals surface area contributed by atoms with Crippen LogP contribution in [0.5, 0.6) is 0 Å². The van der Waals surface area contributed by atoms with Crippen molar-refractivity contribution in [3.63, 3.8) is 0 Å². The van der Waals surface area contributed by atoms with E-state index in [0.29, 0.717) is 25.7 Å². The van der Waals surface area contributed by atoms with E-state index in [4.69, 9.17) is 23.2 Å². The fourth-order valence-corrected chi connectivity index (χ4v) is 8.34. The van der Waals surface area contributed by atoms with Crippen molar-refractivity contribution in [2.45, 2.75) is 49.3 Å². The van der Waals surface area contributed by atoms with E-state index < -0.39 is 21.6 Å². The van der Waals surface area contributed by atoms with E-state index in [0.717, 1.165) is 43.5 Å². The lowest BCUT2D eigenvalue weighted by Crippen LogP contribution is -2.57. The van der Waals surface area contributed by atoms with Gasteiger partial charge in [-0.05, 0) is 72.2 Å². The summed E-state index contributed by atoms with van der Waals surface area (Å²) < 4.78 is 1.01. The van der Waals surface area contributed by atoms with Gasteiger partial charge in [-0.15, -0.1) is 23.2 Å². The zero-order valence-corrected chi connectivity index (χ0v) is 25.4. The molecule has 3 aromatic carbocycles. The summed E-state index contributed by atoms with van der Waals surface area (Å²) in [4.78, 5) is 39.3. The predicted molar refractivity (Wildman–Crippen MR) is 161 cm³/mol. The van der Waals surface area contributed by atoms with Gasteiger partial charge in [0.15, 0.2) is 0 Å². The Morgan fingerprint density at radius 2 is 1.30 bits per heavy atom. The Morgan fingerprint density at radius 1 is 0.800 bits per heavy atom. The fourth-order valence-electron chi connectivity index (χ4n) is 6.81. The number of anilines is 1. The van der Waals surface area contributed by atoms with Crippen LogP contribution in [0.15, 0.2) is 65.1 Å². The SMILES string of the molecule is Cc1c(Br)ccc(NC(=O)CCCCCN2C(=O)[C@H]3[C@H](C2=O)C2(Cl)c4ccccc4C3(Cl)c3ccccc32)c1C. The molecule has 0 unspecified atom stereocenters. The van der Waals surface area contributed by atoms with Gasteiger partial charge in [0, 0.05) is 23.1 Å². The summed E-state index contributed by atoms with van der Waals surface area (Å²) in [5, 5.41) is 2.99. The van der Waals surface area contributed by atoms with Crippen molar-refractivity contribution in [1.82, 2.24) is 4.90 Å². The number of amides is 3. The summed E-state index contributed by atoms with van der Waals surface area (Å²) in [6, 6.07) is 19.1. The van der Waals surface area contributed by atoms with Gasteiger partial charge in [0.1, 0.15) is 9.75 Å². The smallest absolute Gasteiger partial charge is 0.235 e. The number of likely N-dealkylation sites (tertiary alicyclic amines) is 1. The van der Waals surface area contributed by atoms with Crippen LogP contribution in [0, 0.1) is 25.7 Å². The lowest BCUT2D eigenvalue weighted by Gasteiger charge is -2.54. The van der Waals surface area contributed by atoms with Crippen LogP contribution in [0.4, 0.5) is 5.69 Å². The Hall–Kier alpha value is -2.67. The van der Waals surface area contributed by atoms with Gasteiger partial charge in [-0.3, -0.25) is 19.3 Å². The average molecular weight is 640 g/mol. The maximum atomic E-state index is 13.9. The second kappa shape index (κ2) is 10.0. The third-order valence-electron chi connectivity index (χ3n) is 8.96. The zero-order chi connectivity index (χ0) is 28.4. The van der Waals surface area contributed by atoms with E-state index in [2.05, 4.69) is 21.2 Å². The van der Waals surface area contributed by atoms with E-state index in [1.807, 2.05) is 74.5 Å². The van der Waals surface area contributed by atoms with Crippen molar-refractivity contribution in [2.24, 2.45) is 11.8 Å². The Bertz CT molecular complexity index is 1450. The van der Waals surface area contributed by atoms with Gasteiger partial charge in [0.25, 0.3) is 0 Å². The summed E-state index contributed by atoms with van der Waals surface area (Å²) in [7, 11) is 0. The van der Waals surface area contributed by atoms with Crippen LogP contribution in [0.1, 0.15) is 59.1 Å². The van der Waals surface area contributed by atoms with Crippen molar-refractivity contribution in [2.75, 3.05) is 11.9 Å². The Morgan fingerprint density at radius 3 is 1.80 bits per heavy atom. The van der Waals surface area contributed by atoms with Gasteiger partial charge in [-0.25, -0.2) is 0 Å². The van der Waals surface area contributed by atoms with E-state index in [9.17, 15) is 14.4 Å². The summed E-state index contributed by atoms with van der Waals surface area (Å²) in [6.07, 6.45) is 2.32. The molecule has 7 rings (SSSR count). The number of carbonyl (C=O) groups is 3. The average Bonchev–Trinajstić information content (AvgIpc) is 3.22. The first-order chi connectivity index (χ1) is 19.1. The number of alkyl halides is 2. The van der Waals surface area contributed by atoms with Crippen molar-refractivity contribution in [3.05, 3.63) is 98.5 Å². The highest BCUT2D eigenvalue weighted by Gasteiger charge is 2.72. The molecule has 0 radical (unpaired) electrons. The van der Waals surface area contributed by atoms with Gasteiger partial charge in [0.05, 0.1) is 11.8 Å². The highest BCUT2D eigenvalue weighted by molar-refractivity contribution is 9.10. The molecule has 1 fully saturated rings. The maximum absolute atomic E-state index is 13.9. The lowest BCUT2D eigenvalue weighted by molar-refractivity contribution is -0.140. The Kier molecular flexibility index (Phi) is 6.88. The van der Waals surface area contributed by atoms with E-state index in [1.54, 1.807) is 0 Å². The van der Waals surface area contributed by atoms with E-state index in [-0.39, 0.29) is 24.3 Å². The number of imide groups is 1. The largest absolute Gasteiger partial charge is 0.326 e. The number of carbonyl (C=O) groups excluding carboxylic acids is 3. The normalized spacial score (nSPS) is 26.0. The summed E-state index contributed by atoms with van der Waals surface area (Å²) >= 11 is 18.4. The minimum absolute atomic E-state index is 0.0514. The van der Waals surface area contributed by atoms with Gasteiger partial charge < -0.3 is 5.32 Å². The van der Waals surface area contributed by atoms with Crippen LogP contribution in [0.2, 0.25) is 0 Å². The minimum Gasteiger partial charge on any atom is -0.326 e. The van der Waals surface area contributed by atoms with Crippen molar-refractivity contribution >= 4 is 62.5 Å². The second-order valence-corrected chi connectivity index (χ2v) is 13.0. The fraction of sp³-hybridized carbons (Fsp3) is 0.344. The third-order valence-corrected chi connectivity index (χ3v) is 11.1. The van der Waals surface area contributed by atoms with Gasteiger partial charge in [0.2, 0.25) is 17.7 Å². The molecule has 206 valence electrons. The second-order valence-electron chi connectivity index (χ2n) is 11.0. The molecule has 0 saturated carbocycles. The molecule has 2 atom stereocenters. The monoisotopic (exact) mass is 638 g/mol. The molecule has 1 saturated heterocycles. The number of nitrogens with one attached hydrogen (secondary N) is 1. The number of benzene rings is 3. The standard InChI is InChI=1S/C32H29BrCl2N2O3/c1-18-19(2)25(16-15-24(18)33)36-26(38)14-4-3-9-17-37-29(39)27-28(30(37)40)32(35)21-11-6-5-10-20(21)31(27,34)22-12-7-8-13-23(22)32/h5-8,10-13,15-16,27-28H,3-4,9,14,17H2,1-2H3,(H,36,38)/t27-,28-,31?,32?/m1/s1. The van der Waals surface area contributed by atoms with E-state index >= 15 is 0 Å². The van der Waals surface area contributed by atoms with Crippen LogP contribution in [0.25, 0.3) is 0 Å². The van der Waals surface area contributed by atoms with E-state index in [1.165, 1.54) is 4.90 Å². The lowest BCUT2D eigenvalue weighted by atomic mass is 9.54. The molecule has 1 heterocycles. The molecule has 4 aliphatic rings. The van der Waals surface area contributed by atoms with Gasteiger partial charge in [-0.1, -0.05) is 70.9 Å². The number of nitrogens with zero attached hydrogens (tertiary/aromatic N) is 1. The molecule has 0 spiro atoms. The molecule has 3 aromatic rings. The number of hydrogen-bond acceptors (Lipinski definition) is 3. The first-order valence-corrected chi connectivity index (χ1v) is 15.1. The molecule has 5 nitrogen and oxygen atoms in total. The molecule has 8 heteroatoms. The number of rotatable bonds is 7. The first-order valence-electron chi connectivity index (χ1n) is 13.6. The Labute approximate surface area is 252 Å². The molecule has 1 aliphatic heterocycles. The number of halogens is 3. The highest BCUT2D eigenvalue weighted by Crippen LogP contribution is 2.69. The minimum atomic E-state index is -1.16. The van der Waals surface area contributed by atoms with Crippen LogP contribution in [0.3, 0.4) is 0 Å². The molecule has 1 N–H and O–H groups in total. The highest BCUT2D eigenvalue weighted by atomic mass is 79.9. The molecule has 40 heavy (non-hydrogen) atoms. The number of hydrogen-bond donors (Lipinski definition) is 1. The van der Waals surface area contributed by atoms with Crippen molar-refractivity contribution < 1.29 is 14.4 Å². The third kappa shape index (κ3) is 3.83. The molecule has 0 aromatic heterocycles. The molecular formula is C32H29BrCl2N2O3.